The molecule has 2 amide bonds. The summed E-state index contributed by atoms with van der Waals surface area (Å²) in [6.45, 7) is 5.02. The van der Waals surface area contributed by atoms with Crippen LogP contribution in [-0.4, -0.2) is 37.4 Å². The fraction of sp³-hybridized carbons (Fsp3) is 0.333. The molecule has 12 heteroatoms. The summed E-state index contributed by atoms with van der Waals surface area (Å²) in [4.78, 5) is 37.5. The first-order valence-electron chi connectivity index (χ1n) is 11.1. The molecule has 0 saturated carbocycles. The zero-order chi connectivity index (χ0) is 26.6. The summed E-state index contributed by atoms with van der Waals surface area (Å²) in [7, 11) is -1.12. The Balaban J connectivity index is 1.70. The minimum atomic E-state index is -4.71. The lowest BCUT2D eigenvalue weighted by Gasteiger charge is -2.29. The van der Waals surface area contributed by atoms with Crippen LogP contribution in [0, 0.1) is 24.2 Å². The highest BCUT2D eigenvalue weighted by Crippen LogP contribution is 2.31. The molecular formula is C24H23BF3N3O5. The van der Waals surface area contributed by atoms with Gasteiger partial charge in [-0.15, -0.1) is 0 Å². The molecule has 1 aliphatic rings. The highest BCUT2D eigenvalue weighted by Gasteiger charge is 2.42. The molecule has 2 aromatic carbocycles. The number of nitriles is 1. The van der Waals surface area contributed by atoms with E-state index in [2.05, 4.69) is 10.6 Å². The van der Waals surface area contributed by atoms with Gasteiger partial charge in [0.25, 0.3) is 5.91 Å². The zero-order valence-corrected chi connectivity index (χ0v) is 19.7. The summed E-state index contributed by atoms with van der Waals surface area (Å²) in [5, 5.41) is 14.0. The Morgan fingerprint density at radius 1 is 1.14 bits per heavy atom. The van der Waals surface area contributed by atoms with Crippen molar-refractivity contribution in [3.63, 3.8) is 0 Å². The molecule has 36 heavy (non-hydrogen) atoms. The number of nitrogens with one attached hydrogen (secondary N) is 2. The average molecular weight is 501 g/mol. The number of benzene rings is 2. The molecule has 0 spiro atoms. The summed E-state index contributed by atoms with van der Waals surface area (Å²) in [5.41, 5.74) is -0.751. The van der Waals surface area contributed by atoms with Crippen molar-refractivity contribution in [2.24, 2.45) is 5.92 Å². The molecule has 2 aromatic rings. The van der Waals surface area contributed by atoms with Crippen LogP contribution in [0.1, 0.15) is 57.7 Å². The maximum atomic E-state index is 13.0. The minimum absolute atomic E-state index is 0.0643. The normalized spacial score (nSPS) is 13.7. The number of rotatable bonds is 7. The van der Waals surface area contributed by atoms with Gasteiger partial charge in [0.2, 0.25) is 5.91 Å². The predicted octanol–water partition coefficient (Wildman–Crippen LogP) is 3.42. The van der Waals surface area contributed by atoms with E-state index < -0.39 is 54.7 Å². The van der Waals surface area contributed by atoms with Gasteiger partial charge in [-0.1, -0.05) is 19.9 Å². The number of aryl methyl sites for hydroxylation is 1. The Kier molecular flexibility index (Phi) is 7.92. The van der Waals surface area contributed by atoms with Gasteiger partial charge in [-0.3, -0.25) is 9.59 Å². The average Bonchev–Trinajstić information content (AvgIpc) is 2.80. The van der Waals surface area contributed by atoms with Gasteiger partial charge in [0.05, 0.1) is 40.8 Å². The molecule has 0 aliphatic carbocycles. The van der Waals surface area contributed by atoms with Crippen LogP contribution in [0.15, 0.2) is 36.4 Å². The third kappa shape index (κ3) is 6.35. The summed E-state index contributed by atoms with van der Waals surface area (Å²) in [6.07, 6.45) is -4.34. The molecule has 0 radical (unpaired) electrons. The first-order chi connectivity index (χ1) is 16.9. The topological polar surface area (TPSA) is 118 Å². The highest BCUT2D eigenvalue weighted by molar-refractivity contribution is 6.51. The Morgan fingerprint density at radius 3 is 2.50 bits per heavy atom. The van der Waals surface area contributed by atoms with E-state index >= 15 is 0 Å². The van der Waals surface area contributed by atoms with Crippen molar-refractivity contribution in [2.75, 3.05) is 6.54 Å². The fourth-order valence-corrected chi connectivity index (χ4v) is 3.64. The molecule has 0 unspecified atom stereocenters. The Morgan fingerprint density at radius 2 is 1.86 bits per heavy atom. The van der Waals surface area contributed by atoms with Crippen LogP contribution in [0.3, 0.4) is 0 Å². The second-order valence-electron chi connectivity index (χ2n) is 8.75. The molecule has 1 atom stereocenters. The molecule has 0 bridgehead atoms. The molecule has 0 aromatic heterocycles. The Hall–Kier alpha value is -4.01. The van der Waals surface area contributed by atoms with Gasteiger partial charge in [-0.05, 0) is 55.2 Å². The van der Waals surface area contributed by atoms with Gasteiger partial charge in [0.15, 0.2) is 0 Å². The lowest BCUT2D eigenvalue weighted by molar-refractivity contribution is -0.137. The maximum Gasteiger partial charge on any atom is 0.620 e. The third-order valence-corrected chi connectivity index (χ3v) is 5.35. The van der Waals surface area contributed by atoms with Crippen LogP contribution < -0.4 is 15.3 Å². The van der Waals surface area contributed by atoms with Crippen molar-refractivity contribution in [1.29, 1.82) is 5.26 Å². The molecule has 0 saturated heterocycles. The molecule has 0 fully saturated rings. The van der Waals surface area contributed by atoms with E-state index in [0.717, 1.165) is 11.6 Å². The quantitative estimate of drug-likeness (QED) is 0.562. The summed E-state index contributed by atoms with van der Waals surface area (Å²) in [5.74, 6) is -2.69. The van der Waals surface area contributed by atoms with E-state index in [4.69, 9.17) is 14.6 Å². The largest absolute Gasteiger partial charge is 0.620 e. The highest BCUT2D eigenvalue weighted by atomic mass is 19.4. The Labute approximate surface area is 205 Å². The number of hydrogen-bond donors (Lipinski definition) is 2. The Bertz CT molecular complexity index is 1230. The van der Waals surface area contributed by atoms with Gasteiger partial charge in [-0.2, -0.15) is 18.4 Å². The van der Waals surface area contributed by atoms with Crippen LogP contribution >= 0.6 is 0 Å². The molecule has 1 aliphatic heterocycles. The number of fused-ring (bicyclic) bond motifs is 1. The summed E-state index contributed by atoms with van der Waals surface area (Å²) >= 11 is 0. The van der Waals surface area contributed by atoms with Gasteiger partial charge in [0.1, 0.15) is 5.75 Å². The van der Waals surface area contributed by atoms with Gasteiger partial charge >= 0.3 is 19.3 Å². The number of amides is 2. The van der Waals surface area contributed by atoms with Crippen LogP contribution in [0.25, 0.3) is 0 Å². The lowest BCUT2D eigenvalue weighted by Crippen LogP contribution is -2.55. The summed E-state index contributed by atoms with van der Waals surface area (Å²) < 4.78 is 50.3. The van der Waals surface area contributed by atoms with Crippen LogP contribution in [0.5, 0.6) is 5.75 Å². The second-order valence-corrected chi connectivity index (χ2v) is 8.75. The SMILES string of the molecule is Cc1ccc2c(c1)OB([C@H](CC(C)C)NC(=O)CNC(=O)c1cc(C(F)(F)F)ccc1C#N)OC2=O. The van der Waals surface area contributed by atoms with Gasteiger partial charge < -0.3 is 19.9 Å². The molecule has 3 rings (SSSR count). The maximum absolute atomic E-state index is 13.0. The predicted molar refractivity (Wildman–Crippen MR) is 123 cm³/mol. The fourth-order valence-electron chi connectivity index (χ4n) is 3.64. The number of hydrogen-bond acceptors (Lipinski definition) is 6. The van der Waals surface area contributed by atoms with E-state index in [1.54, 1.807) is 24.3 Å². The molecule has 2 N–H and O–H groups in total. The van der Waals surface area contributed by atoms with Crippen molar-refractivity contribution in [2.45, 2.75) is 39.3 Å². The van der Waals surface area contributed by atoms with E-state index in [1.165, 1.54) is 0 Å². The second kappa shape index (κ2) is 10.7. The first-order valence-corrected chi connectivity index (χ1v) is 11.1. The van der Waals surface area contributed by atoms with Gasteiger partial charge in [-0.25, -0.2) is 4.79 Å². The van der Waals surface area contributed by atoms with Crippen molar-refractivity contribution in [3.8, 4) is 11.8 Å². The molecule has 8 nitrogen and oxygen atoms in total. The number of carbonyl (C=O) groups excluding carboxylic acids is 3. The standard InChI is InChI=1S/C24H23BF3N3O5/c1-13(2)8-20(25-35-19-9-14(3)4-7-17(19)23(34)36-25)31-21(32)12-30-22(33)18-10-16(24(26,27)28)6-5-15(18)11-29/h4-7,9-10,13,20H,8,12H2,1-3H3,(H,30,33)(H,31,32)/t20-/m0/s1. The van der Waals surface area contributed by atoms with Crippen molar-refractivity contribution >= 4 is 24.9 Å². The van der Waals surface area contributed by atoms with Crippen LogP contribution in [-0.2, 0) is 15.6 Å². The smallest absolute Gasteiger partial charge is 0.524 e. The van der Waals surface area contributed by atoms with E-state index in [0.29, 0.717) is 24.3 Å². The van der Waals surface area contributed by atoms with Crippen molar-refractivity contribution < 1.29 is 36.9 Å². The van der Waals surface area contributed by atoms with Gasteiger partial charge in [0, 0.05) is 0 Å². The van der Waals surface area contributed by atoms with E-state index in [9.17, 15) is 27.6 Å². The van der Waals surface area contributed by atoms with Crippen molar-refractivity contribution in [1.82, 2.24) is 10.6 Å². The van der Waals surface area contributed by atoms with E-state index in [1.807, 2.05) is 20.8 Å². The third-order valence-electron chi connectivity index (χ3n) is 5.35. The summed E-state index contributed by atoms with van der Waals surface area (Å²) in [6, 6.07) is 8.81. The number of carbonyl (C=O) groups is 3. The molecule has 1 heterocycles. The lowest BCUT2D eigenvalue weighted by atomic mass is 9.72. The number of nitrogens with zero attached hydrogens (tertiary/aromatic N) is 1. The molecule has 188 valence electrons. The molecular weight excluding hydrogens is 478 g/mol. The minimum Gasteiger partial charge on any atom is -0.524 e. The first kappa shape index (κ1) is 26.6. The zero-order valence-electron chi connectivity index (χ0n) is 19.7. The van der Waals surface area contributed by atoms with E-state index in [-0.39, 0.29) is 17.0 Å². The monoisotopic (exact) mass is 501 g/mol. The van der Waals surface area contributed by atoms with Crippen LogP contribution in [0.2, 0.25) is 0 Å². The van der Waals surface area contributed by atoms with Crippen LogP contribution in [0.4, 0.5) is 13.2 Å². The number of halogens is 3. The van der Waals surface area contributed by atoms with Crippen molar-refractivity contribution in [3.05, 3.63) is 64.2 Å². The number of alkyl halides is 3.